The minimum Gasteiger partial charge on any atom is -0.390 e. The monoisotopic (exact) mass is 148 g/mol. The summed E-state index contributed by atoms with van der Waals surface area (Å²) >= 11 is 1.81. The van der Waals surface area contributed by atoms with Crippen molar-refractivity contribution in [1.29, 1.82) is 0 Å². The van der Waals surface area contributed by atoms with E-state index in [0.717, 1.165) is 11.5 Å². The Morgan fingerprint density at radius 2 is 2.00 bits per heavy atom. The highest BCUT2D eigenvalue weighted by atomic mass is 32.2. The summed E-state index contributed by atoms with van der Waals surface area (Å²) in [6.45, 7) is 5.84. The van der Waals surface area contributed by atoms with Gasteiger partial charge in [-0.05, 0) is 26.0 Å². The molecule has 0 aromatic carbocycles. The van der Waals surface area contributed by atoms with Crippen molar-refractivity contribution in [2.24, 2.45) is 0 Å². The third kappa shape index (κ3) is 8.31. The zero-order valence-corrected chi connectivity index (χ0v) is 7.29. The molecule has 0 aromatic rings. The smallest absolute Gasteiger partial charge is 0.0681 e. The zero-order chi connectivity index (χ0) is 7.33. The van der Waals surface area contributed by atoms with Gasteiger partial charge < -0.3 is 5.11 Å². The Labute approximate surface area is 61.8 Å². The Balaban J connectivity index is 3.07. The van der Waals surface area contributed by atoms with E-state index in [9.17, 15) is 5.11 Å². The molecule has 0 heterocycles. The van der Waals surface area contributed by atoms with Crippen molar-refractivity contribution in [2.45, 2.75) is 32.8 Å². The van der Waals surface area contributed by atoms with Gasteiger partial charge in [-0.25, -0.2) is 0 Å². The number of hydrogen-bond acceptors (Lipinski definition) is 2. The molecule has 2 heteroatoms. The van der Waals surface area contributed by atoms with E-state index in [2.05, 4.69) is 6.92 Å². The molecule has 0 fully saturated rings. The lowest BCUT2D eigenvalue weighted by Gasteiger charge is -2.15. The van der Waals surface area contributed by atoms with Gasteiger partial charge in [0.25, 0.3) is 0 Å². The molecule has 56 valence electrons. The summed E-state index contributed by atoms with van der Waals surface area (Å²) in [6.07, 6.45) is 1.20. The van der Waals surface area contributed by atoms with Crippen LogP contribution in [0.2, 0.25) is 0 Å². The van der Waals surface area contributed by atoms with Gasteiger partial charge in [0, 0.05) is 5.75 Å². The average molecular weight is 148 g/mol. The van der Waals surface area contributed by atoms with Gasteiger partial charge in [0.2, 0.25) is 0 Å². The first-order valence-electron chi connectivity index (χ1n) is 3.36. The molecule has 9 heavy (non-hydrogen) atoms. The van der Waals surface area contributed by atoms with Crippen LogP contribution >= 0.6 is 11.8 Å². The van der Waals surface area contributed by atoms with Crippen LogP contribution in [0.5, 0.6) is 0 Å². The molecule has 0 amide bonds. The summed E-state index contributed by atoms with van der Waals surface area (Å²) in [5.41, 5.74) is -0.486. The molecule has 0 atom stereocenters. The van der Waals surface area contributed by atoms with Crippen LogP contribution in [0, 0.1) is 0 Å². The van der Waals surface area contributed by atoms with E-state index in [1.54, 1.807) is 0 Å². The fourth-order valence-electron chi connectivity index (χ4n) is 0.466. The molecule has 0 aromatic heterocycles. The van der Waals surface area contributed by atoms with E-state index in [1.165, 1.54) is 6.42 Å². The second kappa shape index (κ2) is 4.18. The standard InChI is InChI=1S/C7H16OS/c1-4-5-9-6-7(2,3)8/h8H,4-6H2,1-3H3. The highest BCUT2D eigenvalue weighted by molar-refractivity contribution is 7.99. The highest BCUT2D eigenvalue weighted by Crippen LogP contribution is 2.11. The fraction of sp³-hybridized carbons (Fsp3) is 1.00. The Kier molecular flexibility index (Phi) is 4.32. The van der Waals surface area contributed by atoms with Gasteiger partial charge in [0.15, 0.2) is 0 Å². The van der Waals surface area contributed by atoms with Gasteiger partial charge >= 0.3 is 0 Å². The van der Waals surface area contributed by atoms with Gasteiger partial charge in [-0.15, -0.1) is 0 Å². The van der Waals surface area contributed by atoms with Crippen LogP contribution in [0.1, 0.15) is 27.2 Å². The maximum atomic E-state index is 9.22. The van der Waals surface area contributed by atoms with Crippen LogP contribution in [0.25, 0.3) is 0 Å². The Morgan fingerprint density at radius 1 is 1.44 bits per heavy atom. The number of thioether (sulfide) groups is 1. The summed E-state index contributed by atoms with van der Waals surface area (Å²) < 4.78 is 0. The fourth-order valence-corrected chi connectivity index (χ4v) is 1.40. The highest BCUT2D eigenvalue weighted by Gasteiger charge is 2.10. The normalized spacial score (nSPS) is 12.0. The van der Waals surface area contributed by atoms with E-state index in [4.69, 9.17) is 0 Å². The van der Waals surface area contributed by atoms with Crippen molar-refractivity contribution >= 4 is 11.8 Å². The third-order valence-corrected chi connectivity index (χ3v) is 2.41. The van der Waals surface area contributed by atoms with E-state index in [1.807, 2.05) is 25.6 Å². The van der Waals surface area contributed by atoms with Crippen molar-refractivity contribution < 1.29 is 5.11 Å². The second-order valence-electron chi connectivity index (χ2n) is 2.87. The van der Waals surface area contributed by atoms with Crippen molar-refractivity contribution in [3.8, 4) is 0 Å². The van der Waals surface area contributed by atoms with Crippen molar-refractivity contribution in [3.63, 3.8) is 0 Å². The van der Waals surface area contributed by atoms with E-state index in [0.29, 0.717) is 0 Å². The second-order valence-corrected chi connectivity index (χ2v) is 3.97. The summed E-state index contributed by atoms with van der Waals surface area (Å²) in [7, 11) is 0. The van der Waals surface area contributed by atoms with Crippen LogP contribution in [0.4, 0.5) is 0 Å². The predicted molar refractivity (Wildman–Crippen MR) is 43.9 cm³/mol. The van der Waals surface area contributed by atoms with Gasteiger partial charge in [-0.1, -0.05) is 6.92 Å². The lowest BCUT2D eigenvalue weighted by molar-refractivity contribution is 0.107. The topological polar surface area (TPSA) is 20.2 Å². The molecule has 0 radical (unpaired) electrons. The molecule has 0 aliphatic rings. The average Bonchev–Trinajstić information content (AvgIpc) is 1.63. The molecule has 1 N–H and O–H groups in total. The van der Waals surface area contributed by atoms with Crippen LogP contribution in [0.3, 0.4) is 0 Å². The largest absolute Gasteiger partial charge is 0.390 e. The first kappa shape index (κ1) is 9.31. The number of aliphatic hydroxyl groups is 1. The van der Waals surface area contributed by atoms with Crippen molar-refractivity contribution in [3.05, 3.63) is 0 Å². The quantitative estimate of drug-likeness (QED) is 0.614. The number of hydrogen-bond donors (Lipinski definition) is 1. The lowest BCUT2D eigenvalue weighted by Crippen LogP contribution is -2.21. The van der Waals surface area contributed by atoms with Gasteiger partial charge in [-0.2, -0.15) is 11.8 Å². The molecular weight excluding hydrogens is 132 g/mol. The van der Waals surface area contributed by atoms with Gasteiger partial charge in [0.05, 0.1) is 5.60 Å². The Hall–Kier alpha value is 0.310. The number of rotatable bonds is 4. The maximum Gasteiger partial charge on any atom is 0.0681 e. The van der Waals surface area contributed by atoms with Crippen LogP contribution < -0.4 is 0 Å². The summed E-state index contributed by atoms with van der Waals surface area (Å²) in [6, 6.07) is 0. The van der Waals surface area contributed by atoms with E-state index >= 15 is 0 Å². The third-order valence-electron chi connectivity index (χ3n) is 0.804. The van der Waals surface area contributed by atoms with Crippen LogP contribution in [-0.2, 0) is 0 Å². The maximum absolute atomic E-state index is 9.22. The van der Waals surface area contributed by atoms with Crippen molar-refractivity contribution in [1.82, 2.24) is 0 Å². The minimum atomic E-state index is -0.486. The van der Waals surface area contributed by atoms with Crippen LogP contribution in [-0.4, -0.2) is 22.2 Å². The SMILES string of the molecule is CCCSCC(C)(C)O. The predicted octanol–water partition coefficient (Wildman–Crippen LogP) is 1.90. The summed E-state index contributed by atoms with van der Waals surface area (Å²) in [4.78, 5) is 0. The molecule has 0 saturated heterocycles. The van der Waals surface area contributed by atoms with Crippen molar-refractivity contribution in [2.75, 3.05) is 11.5 Å². The van der Waals surface area contributed by atoms with Gasteiger partial charge in [-0.3, -0.25) is 0 Å². The molecular formula is C7H16OS. The molecule has 0 spiro atoms. The molecule has 0 unspecified atom stereocenters. The minimum absolute atomic E-state index is 0.486. The van der Waals surface area contributed by atoms with Crippen LogP contribution in [0.15, 0.2) is 0 Å². The van der Waals surface area contributed by atoms with E-state index < -0.39 is 5.60 Å². The first-order valence-corrected chi connectivity index (χ1v) is 4.52. The zero-order valence-electron chi connectivity index (χ0n) is 6.48. The lowest BCUT2D eigenvalue weighted by atomic mass is 10.2. The Morgan fingerprint density at radius 3 is 2.33 bits per heavy atom. The Bertz CT molecular complexity index is 65.8. The molecule has 0 aliphatic heterocycles. The summed E-state index contributed by atoms with van der Waals surface area (Å²) in [5, 5.41) is 9.22. The molecule has 0 saturated carbocycles. The molecule has 1 nitrogen and oxygen atoms in total. The molecule has 0 rings (SSSR count). The van der Waals surface area contributed by atoms with E-state index in [-0.39, 0.29) is 0 Å². The summed E-state index contributed by atoms with van der Waals surface area (Å²) in [5.74, 6) is 2.00. The van der Waals surface area contributed by atoms with Gasteiger partial charge in [0.1, 0.15) is 0 Å². The molecule has 0 bridgehead atoms. The first-order chi connectivity index (χ1) is 4.06. The molecule has 0 aliphatic carbocycles.